The lowest BCUT2D eigenvalue weighted by Gasteiger charge is -2.42. The molecule has 0 aliphatic heterocycles. The standard InChI is InChI=1S/C33H32ClN3O2S/c1-21-14-15-24(34)18-26(21)35-28(38)20-40-32-36-30-25-12-6-5-11-23(25)19-33(16-8-3-9-17-33)29(30)31(39)37(32)27-13-7-4-10-22(27)2/h4-7,10-15,18H,3,8-9,16-17,19-20H2,1-2H3,(H,35,38). The molecule has 2 aliphatic carbocycles. The molecule has 0 atom stereocenters. The Kier molecular flexibility index (Phi) is 7.32. The van der Waals surface area contributed by atoms with Crippen molar-refractivity contribution >= 4 is 35.0 Å². The van der Waals surface area contributed by atoms with E-state index >= 15 is 0 Å². The van der Waals surface area contributed by atoms with Gasteiger partial charge in [0.1, 0.15) is 0 Å². The summed E-state index contributed by atoms with van der Waals surface area (Å²) < 4.78 is 1.75. The molecule has 3 aromatic carbocycles. The minimum absolute atomic E-state index is 0.00991. The fraction of sp³-hybridized carbons (Fsp3) is 0.303. The molecule has 204 valence electrons. The zero-order chi connectivity index (χ0) is 27.9. The molecule has 6 rings (SSSR count). The summed E-state index contributed by atoms with van der Waals surface area (Å²) in [6.07, 6.45) is 6.29. The maximum absolute atomic E-state index is 14.7. The predicted octanol–water partition coefficient (Wildman–Crippen LogP) is 7.66. The molecule has 1 aromatic heterocycles. The number of halogens is 1. The molecule has 1 amide bonds. The van der Waals surface area contributed by atoms with Crippen molar-refractivity contribution in [3.05, 3.63) is 104 Å². The molecule has 1 saturated carbocycles. The van der Waals surface area contributed by atoms with Crippen LogP contribution < -0.4 is 10.9 Å². The molecule has 5 nitrogen and oxygen atoms in total. The van der Waals surface area contributed by atoms with Crippen molar-refractivity contribution in [2.24, 2.45) is 0 Å². The van der Waals surface area contributed by atoms with Crippen LogP contribution in [0.5, 0.6) is 0 Å². The quantitative estimate of drug-likeness (QED) is 0.198. The summed E-state index contributed by atoms with van der Waals surface area (Å²) in [4.78, 5) is 33.0. The Morgan fingerprint density at radius 3 is 2.55 bits per heavy atom. The number of fused-ring (bicyclic) bond motifs is 4. The topological polar surface area (TPSA) is 64.0 Å². The summed E-state index contributed by atoms with van der Waals surface area (Å²) in [5.41, 5.74) is 7.10. The number of carbonyl (C=O) groups excluding carboxylic acids is 1. The molecule has 0 unspecified atom stereocenters. The number of aryl methyl sites for hydroxylation is 2. The van der Waals surface area contributed by atoms with Gasteiger partial charge in [0.05, 0.1) is 22.7 Å². The van der Waals surface area contributed by atoms with Crippen LogP contribution in [0.1, 0.15) is 54.4 Å². The van der Waals surface area contributed by atoms with E-state index in [2.05, 4.69) is 23.5 Å². The van der Waals surface area contributed by atoms with E-state index in [9.17, 15) is 9.59 Å². The minimum Gasteiger partial charge on any atom is -0.325 e. The van der Waals surface area contributed by atoms with Crippen LogP contribution in [0, 0.1) is 13.8 Å². The Morgan fingerprint density at radius 1 is 1.00 bits per heavy atom. The maximum atomic E-state index is 14.7. The van der Waals surface area contributed by atoms with Crippen LogP contribution in [0.3, 0.4) is 0 Å². The van der Waals surface area contributed by atoms with E-state index in [1.54, 1.807) is 16.7 Å². The van der Waals surface area contributed by atoms with Gasteiger partial charge in [0, 0.05) is 21.7 Å². The number of anilines is 1. The van der Waals surface area contributed by atoms with Crippen LogP contribution in [0.15, 0.2) is 76.7 Å². The Hall–Kier alpha value is -3.35. The summed E-state index contributed by atoms with van der Waals surface area (Å²) in [6.45, 7) is 3.94. The van der Waals surface area contributed by atoms with Crippen molar-refractivity contribution < 1.29 is 4.79 Å². The van der Waals surface area contributed by atoms with Gasteiger partial charge >= 0.3 is 0 Å². The van der Waals surface area contributed by atoms with Gasteiger partial charge in [-0.2, -0.15) is 0 Å². The van der Waals surface area contributed by atoms with Gasteiger partial charge in [-0.1, -0.05) is 91.2 Å². The second kappa shape index (κ2) is 10.9. The highest BCUT2D eigenvalue weighted by Crippen LogP contribution is 2.49. The van der Waals surface area contributed by atoms with Crippen LogP contribution in [-0.4, -0.2) is 21.2 Å². The van der Waals surface area contributed by atoms with Crippen molar-refractivity contribution in [1.82, 2.24) is 9.55 Å². The molecule has 7 heteroatoms. The minimum atomic E-state index is -0.207. The van der Waals surface area contributed by atoms with Crippen molar-refractivity contribution in [1.29, 1.82) is 0 Å². The number of hydrogen-bond donors (Lipinski definition) is 1. The van der Waals surface area contributed by atoms with Gasteiger partial charge in [-0.3, -0.25) is 14.2 Å². The highest BCUT2D eigenvalue weighted by atomic mass is 35.5. The summed E-state index contributed by atoms with van der Waals surface area (Å²) in [6, 6.07) is 21.7. The van der Waals surface area contributed by atoms with Crippen molar-refractivity contribution in [3.8, 4) is 16.9 Å². The van der Waals surface area contributed by atoms with E-state index in [0.717, 1.165) is 65.7 Å². The average molecular weight is 570 g/mol. The number of aromatic nitrogens is 2. The highest BCUT2D eigenvalue weighted by Gasteiger charge is 2.43. The summed E-state index contributed by atoms with van der Waals surface area (Å²) >= 11 is 7.45. The smallest absolute Gasteiger partial charge is 0.263 e. The van der Waals surface area contributed by atoms with E-state index in [-0.39, 0.29) is 22.6 Å². The van der Waals surface area contributed by atoms with Crippen LogP contribution >= 0.6 is 23.4 Å². The number of nitrogens with one attached hydrogen (secondary N) is 1. The van der Waals surface area contributed by atoms with Crippen molar-refractivity contribution in [3.63, 3.8) is 0 Å². The molecule has 4 aromatic rings. The van der Waals surface area contributed by atoms with Crippen molar-refractivity contribution in [2.75, 3.05) is 11.1 Å². The van der Waals surface area contributed by atoms with E-state index in [4.69, 9.17) is 16.6 Å². The number of benzene rings is 3. The molecule has 0 bridgehead atoms. The third-order valence-electron chi connectivity index (χ3n) is 8.36. The van der Waals surface area contributed by atoms with Crippen LogP contribution in [0.2, 0.25) is 5.02 Å². The first-order valence-corrected chi connectivity index (χ1v) is 15.2. The zero-order valence-corrected chi connectivity index (χ0v) is 24.4. The Bertz CT molecular complexity index is 1670. The van der Waals surface area contributed by atoms with Gasteiger partial charge in [-0.15, -0.1) is 0 Å². The average Bonchev–Trinajstić information content (AvgIpc) is 2.95. The molecule has 0 radical (unpaired) electrons. The Morgan fingerprint density at radius 2 is 1.75 bits per heavy atom. The maximum Gasteiger partial charge on any atom is 0.263 e. The molecule has 0 saturated heterocycles. The number of hydrogen-bond acceptors (Lipinski definition) is 4. The first-order valence-electron chi connectivity index (χ1n) is 13.9. The van der Waals surface area contributed by atoms with Gasteiger partial charge in [0.2, 0.25) is 5.91 Å². The second-order valence-electron chi connectivity index (χ2n) is 11.0. The molecule has 1 spiro atoms. The third kappa shape index (κ3) is 4.88. The van der Waals surface area contributed by atoms with Crippen LogP contribution in [-0.2, 0) is 16.6 Å². The number of thioether (sulfide) groups is 1. The van der Waals surface area contributed by atoms with Crippen LogP contribution in [0.25, 0.3) is 16.9 Å². The Balaban J connectivity index is 1.47. The van der Waals surface area contributed by atoms with Gasteiger partial charge in [0.15, 0.2) is 5.16 Å². The fourth-order valence-corrected chi connectivity index (χ4v) is 7.33. The molecular weight excluding hydrogens is 538 g/mol. The normalized spacial score (nSPS) is 15.4. The van der Waals surface area contributed by atoms with Gasteiger partial charge in [-0.05, 0) is 68.0 Å². The highest BCUT2D eigenvalue weighted by molar-refractivity contribution is 7.99. The van der Waals surface area contributed by atoms with E-state index in [1.807, 2.05) is 50.2 Å². The van der Waals surface area contributed by atoms with Gasteiger partial charge < -0.3 is 5.32 Å². The van der Waals surface area contributed by atoms with E-state index in [0.29, 0.717) is 15.9 Å². The summed E-state index contributed by atoms with van der Waals surface area (Å²) in [7, 11) is 0. The lowest BCUT2D eigenvalue weighted by atomic mass is 9.62. The SMILES string of the molecule is Cc1ccc(Cl)cc1NC(=O)CSc1nc2c(c(=O)n1-c1ccccc1C)C1(CCCCC1)Cc1ccccc1-2. The number of amides is 1. The predicted molar refractivity (Wildman–Crippen MR) is 164 cm³/mol. The largest absolute Gasteiger partial charge is 0.325 e. The zero-order valence-electron chi connectivity index (χ0n) is 22.8. The molecule has 1 fully saturated rings. The van der Waals surface area contributed by atoms with E-state index in [1.165, 1.54) is 23.7 Å². The molecule has 2 aliphatic rings. The lowest BCUT2D eigenvalue weighted by Crippen LogP contribution is -2.43. The number of rotatable bonds is 5. The Labute approximate surface area is 244 Å². The summed E-state index contributed by atoms with van der Waals surface area (Å²) in [5.74, 6) is -0.0709. The fourth-order valence-electron chi connectivity index (χ4n) is 6.36. The number of para-hydroxylation sites is 1. The monoisotopic (exact) mass is 569 g/mol. The van der Waals surface area contributed by atoms with Crippen LogP contribution in [0.4, 0.5) is 5.69 Å². The number of carbonyl (C=O) groups is 1. The summed E-state index contributed by atoms with van der Waals surface area (Å²) in [5, 5.41) is 4.06. The molecular formula is C33H32ClN3O2S. The number of nitrogens with zero attached hydrogens (tertiary/aromatic N) is 2. The van der Waals surface area contributed by atoms with Gasteiger partial charge in [0.25, 0.3) is 5.56 Å². The second-order valence-corrected chi connectivity index (χ2v) is 12.4. The molecule has 40 heavy (non-hydrogen) atoms. The molecule has 1 heterocycles. The third-order valence-corrected chi connectivity index (χ3v) is 9.53. The first-order chi connectivity index (χ1) is 19.4. The van der Waals surface area contributed by atoms with Crippen molar-refractivity contribution in [2.45, 2.75) is 62.9 Å². The lowest BCUT2D eigenvalue weighted by molar-refractivity contribution is -0.113. The van der Waals surface area contributed by atoms with E-state index < -0.39 is 0 Å². The first kappa shape index (κ1) is 26.9. The molecule has 1 N–H and O–H groups in total. The van der Waals surface area contributed by atoms with Gasteiger partial charge in [-0.25, -0.2) is 4.98 Å².